The van der Waals surface area contributed by atoms with E-state index in [1.54, 1.807) is 5.94 Å². The molecule has 1 aliphatic rings. The van der Waals surface area contributed by atoms with E-state index in [-0.39, 0.29) is 5.92 Å². The number of rotatable bonds is 1. The standard InChI is InChI=1S/C8H10O3/c9-5-6-2-1-3-7(4-6)8(10)11/h7H,1-4H2,(H,10,11). The van der Waals surface area contributed by atoms with Crippen molar-refractivity contribution in [1.82, 2.24) is 0 Å². The van der Waals surface area contributed by atoms with Crippen molar-refractivity contribution >= 4 is 11.9 Å². The lowest BCUT2D eigenvalue weighted by Gasteiger charge is -2.17. The number of hydrogen-bond donors (Lipinski definition) is 1. The topological polar surface area (TPSA) is 54.4 Å². The van der Waals surface area contributed by atoms with Crippen molar-refractivity contribution < 1.29 is 14.7 Å². The monoisotopic (exact) mass is 154 g/mol. The Bertz CT molecular complexity index is 213. The van der Waals surface area contributed by atoms with Crippen LogP contribution in [0.5, 0.6) is 0 Å². The first kappa shape index (κ1) is 8.02. The summed E-state index contributed by atoms with van der Waals surface area (Å²) < 4.78 is 0. The SMILES string of the molecule is O=C=C1CCCC(C(=O)O)C1. The Morgan fingerprint density at radius 3 is 2.91 bits per heavy atom. The second kappa shape index (κ2) is 3.35. The van der Waals surface area contributed by atoms with Crippen LogP contribution in [-0.4, -0.2) is 17.0 Å². The fourth-order valence-corrected chi connectivity index (χ4v) is 1.37. The van der Waals surface area contributed by atoms with Crippen LogP contribution in [0.1, 0.15) is 25.7 Å². The number of carboxylic acid groups (broad SMARTS) is 1. The molecule has 0 saturated heterocycles. The number of hydrogen-bond acceptors (Lipinski definition) is 2. The smallest absolute Gasteiger partial charge is 0.306 e. The van der Waals surface area contributed by atoms with Gasteiger partial charge in [-0.05, 0) is 25.7 Å². The molecule has 0 aromatic heterocycles. The number of allylic oxidation sites excluding steroid dienone is 1. The summed E-state index contributed by atoms with van der Waals surface area (Å²) in [7, 11) is 0. The van der Waals surface area contributed by atoms with Crippen LogP contribution in [0.15, 0.2) is 5.57 Å². The van der Waals surface area contributed by atoms with Crippen LogP contribution >= 0.6 is 0 Å². The maximum Gasteiger partial charge on any atom is 0.306 e. The van der Waals surface area contributed by atoms with Crippen LogP contribution in [0.2, 0.25) is 0 Å². The first-order chi connectivity index (χ1) is 5.24. The van der Waals surface area contributed by atoms with Gasteiger partial charge in [-0.1, -0.05) is 0 Å². The Labute approximate surface area is 64.7 Å². The molecule has 0 aromatic rings. The van der Waals surface area contributed by atoms with Gasteiger partial charge in [0, 0.05) is 5.57 Å². The molecular formula is C8H10O3. The van der Waals surface area contributed by atoms with E-state index in [2.05, 4.69) is 0 Å². The van der Waals surface area contributed by atoms with E-state index in [9.17, 15) is 9.59 Å². The molecule has 1 rings (SSSR count). The first-order valence-corrected chi connectivity index (χ1v) is 3.69. The van der Waals surface area contributed by atoms with E-state index in [1.807, 2.05) is 0 Å². The quantitative estimate of drug-likeness (QED) is 0.573. The van der Waals surface area contributed by atoms with Crippen LogP contribution < -0.4 is 0 Å². The second-order valence-corrected chi connectivity index (χ2v) is 2.84. The van der Waals surface area contributed by atoms with Crippen molar-refractivity contribution in [2.24, 2.45) is 5.92 Å². The highest BCUT2D eigenvalue weighted by atomic mass is 16.4. The molecule has 0 bridgehead atoms. The van der Waals surface area contributed by atoms with Crippen LogP contribution in [0.3, 0.4) is 0 Å². The predicted octanol–water partition coefficient (Wildman–Crippen LogP) is 1.02. The van der Waals surface area contributed by atoms with E-state index in [4.69, 9.17) is 5.11 Å². The lowest BCUT2D eigenvalue weighted by molar-refractivity contribution is -0.142. The fraction of sp³-hybridized carbons (Fsp3) is 0.625. The Morgan fingerprint density at radius 1 is 1.64 bits per heavy atom. The number of carbonyl (C=O) groups excluding carboxylic acids is 1. The van der Waals surface area contributed by atoms with Gasteiger partial charge in [0.25, 0.3) is 0 Å². The zero-order valence-corrected chi connectivity index (χ0v) is 6.17. The molecule has 1 fully saturated rings. The van der Waals surface area contributed by atoms with Crippen molar-refractivity contribution in [3.8, 4) is 0 Å². The molecule has 0 aliphatic heterocycles. The van der Waals surface area contributed by atoms with Gasteiger partial charge in [0.05, 0.1) is 5.92 Å². The molecule has 0 aromatic carbocycles. The van der Waals surface area contributed by atoms with E-state index >= 15 is 0 Å². The Morgan fingerprint density at radius 2 is 2.36 bits per heavy atom. The zero-order valence-electron chi connectivity index (χ0n) is 6.17. The van der Waals surface area contributed by atoms with E-state index in [1.165, 1.54) is 0 Å². The maximum atomic E-state index is 10.5. The first-order valence-electron chi connectivity index (χ1n) is 3.69. The maximum absolute atomic E-state index is 10.5. The average Bonchev–Trinajstić information content (AvgIpc) is 2.05. The molecule has 11 heavy (non-hydrogen) atoms. The third kappa shape index (κ3) is 1.92. The minimum atomic E-state index is -0.794. The number of carboxylic acids is 1. The third-order valence-electron chi connectivity index (χ3n) is 2.02. The van der Waals surface area contributed by atoms with Crippen LogP contribution in [0.4, 0.5) is 0 Å². The molecule has 60 valence electrons. The highest BCUT2D eigenvalue weighted by molar-refractivity contribution is 5.71. The van der Waals surface area contributed by atoms with Crippen molar-refractivity contribution in [2.75, 3.05) is 0 Å². The van der Waals surface area contributed by atoms with Gasteiger partial charge in [0.1, 0.15) is 5.94 Å². The van der Waals surface area contributed by atoms with E-state index in [0.29, 0.717) is 18.4 Å². The van der Waals surface area contributed by atoms with Gasteiger partial charge in [0.15, 0.2) is 0 Å². The molecule has 0 amide bonds. The normalized spacial score (nSPS) is 24.4. The molecule has 3 nitrogen and oxygen atoms in total. The van der Waals surface area contributed by atoms with E-state index in [0.717, 1.165) is 12.8 Å². The van der Waals surface area contributed by atoms with Gasteiger partial charge in [-0.3, -0.25) is 4.79 Å². The minimum Gasteiger partial charge on any atom is -0.481 e. The minimum absolute atomic E-state index is 0.347. The van der Waals surface area contributed by atoms with Gasteiger partial charge in [-0.25, -0.2) is 4.79 Å². The summed E-state index contributed by atoms with van der Waals surface area (Å²) in [6, 6.07) is 0. The van der Waals surface area contributed by atoms with Crippen molar-refractivity contribution in [3.63, 3.8) is 0 Å². The lowest BCUT2D eigenvalue weighted by Crippen LogP contribution is -2.18. The highest BCUT2D eigenvalue weighted by Gasteiger charge is 2.23. The molecule has 0 spiro atoms. The molecule has 1 aliphatic carbocycles. The summed E-state index contributed by atoms with van der Waals surface area (Å²) >= 11 is 0. The molecule has 1 unspecified atom stereocenters. The summed E-state index contributed by atoms with van der Waals surface area (Å²) in [5, 5.41) is 8.61. The molecular weight excluding hydrogens is 144 g/mol. The largest absolute Gasteiger partial charge is 0.481 e. The summed E-state index contributed by atoms with van der Waals surface area (Å²) in [6.45, 7) is 0. The Kier molecular flexibility index (Phi) is 2.44. The average molecular weight is 154 g/mol. The van der Waals surface area contributed by atoms with E-state index < -0.39 is 5.97 Å². The highest BCUT2D eigenvalue weighted by Crippen LogP contribution is 2.26. The predicted molar refractivity (Wildman–Crippen MR) is 38.8 cm³/mol. The molecule has 1 N–H and O–H groups in total. The van der Waals surface area contributed by atoms with Crippen LogP contribution in [-0.2, 0) is 9.59 Å². The van der Waals surface area contributed by atoms with Gasteiger partial charge < -0.3 is 5.11 Å². The summed E-state index contributed by atoms with van der Waals surface area (Å²) in [5.41, 5.74) is 0.628. The van der Waals surface area contributed by atoms with Crippen molar-refractivity contribution in [2.45, 2.75) is 25.7 Å². The van der Waals surface area contributed by atoms with Gasteiger partial charge in [0.2, 0.25) is 0 Å². The van der Waals surface area contributed by atoms with Gasteiger partial charge in [-0.15, -0.1) is 0 Å². The molecule has 3 heteroatoms. The summed E-state index contributed by atoms with van der Waals surface area (Å²) in [4.78, 5) is 20.6. The van der Waals surface area contributed by atoms with Crippen molar-refractivity contribution in [1.29, 1.82) is 0 Å². The van der Waals surface area contributed by atoms with Gasteiger partial charge >= 0.3 is 5.97 Å². The number of aliphatic carboxylic acids is 1. The molecule has 1 atom stereocenters. The summed E-state index contributed by atoms with van der Waals surface area (Å²) in [5.74, 6) is 0.651. The van der Waals surface area contributed by atoms with Crippen LogP contribution in [0, 0.1) is 5.92 Å². The lowest BCUT2D eigenvalue weighted by atomic mass is 9.86. The second-order valence-electron chi connectivity index (χ2n) is 2.84. The van der Waals surface area contributed by atoms with Crippen LogP contribution in [0.25, 0.3) is 0 Å². The third-order valence-corrected chi connectivity index (χ3v) is 2.02. The Balaban J connectivity index is 2.60. The van der Waals surface area contributed by atoms with Crippen molar-refractivity contribution in [3.05, 3.63) is 5.57 Å². The molecule has 0 heterocycles. The fourth-order valence-electron chi connectivity index (χ4n) is 1.37. The Hall–Kier alpha value is -1.08. The molecule has 1 saturated carbocycles. The van der Waals surface area contributed by atoms with Gasteiger partial charge in [-0.2, -0.15) is 0 Å². The number of carbonyl (C=O) groups is 1. The molecule has 0 radical (unpaired) electrons. The summed E-state index contributed by atoms with van der Waals surface area (Å²) in [6.07, 6.45) is 2.63. The zero-order chi connectivity index (χ0) is 8.27.